The molecule has 3 rings (SSSR count). The van der Waals surface area contributed by atoms with E-state index in [1.165, 1.54) is 11.1 Å². The normalized spacial score (nSPS) is 16.6. The average Bonchev–Trinajstić information content (AvgIpc) is 2.84. The molecule has 1 aliphatic rings. The lowest BCUT2D eigenvalue weighted by atomic mass is 9.89. The molecular weight excluding hydrogens is 248 g/mol. The summed E-state index contributed by atoms with van der Waals surface area (Å²) in [5.74, 6) is 1.25. The van der Waals surface area contributed by atoms with Crippen LogP contribution in [0.25, 0.3) is 0 Å². The van der Waals surface area contributed by atoms with Crippen LogP contribution in [0.15, 0.2) is 42.5 Å². The van der Waals surface area contributed by atoms with Gasteiger partial charge in [0, 0.05) is 17.0 Å². The van der Waals surface area contributed by atoms with Crippen LogP contribution in [0.1, 0.15) is 39.9 Å². The maximum Gasteiger partial charge on any atom is 0.160 e. The summed E-state index contributed by atoms with van der Waals surface area (Å²) in [6, 6.07) is 14.3. The highest BCUT2D eigenvalue weighted by atomic mass is 16.5. The first kappa shape index (κ1) is 12.9. The maximum atomic E-state index is 11.8. The Labute approximate surface area is 119 Å². The number of hydrogen-bond donors (Lipinski definition) is 0. The first-order chi connectivity index (χ1) is 9.65. The molecule has 0 unspecified atom stereocenters. The number of rotatable bonds is 3. The molecule has 0 aromatic heterocycles. The van der Waals surface area contributed by atoms with Crippen molar-refractivity contribution in [3.05, 3.63) is 64.7 Å². The molecular formula is C18H18O2. The molecule has 0 radical (unpaired) electrons. The minimum Gasteiger partial charge on any atom is -0.493 e. The zero-order chi connectivity index (χ0) is 14.1. The van der Waals surface area contributed by atoms with Crippen molar-refractivity contribution in [1.82, 2.24) is 0 Å². The molecule has 2 aromatic carbocycles. The second-order valence-corrected chi connectivity index (χ2v) is 5.47. The lowest BCUT2D eigenvalue weighted by Gasteiger charge is -2.12. The maximum absolute atomic E-state index is 11.8. The zero-order valence-electron chi connectivity index (χ0n) is 11.8. The molecule has 0 N–H and O–H groups in total. The van der Waals surface area contributed by atoms with Gasteiger partial charge in [0.1, 0.15) is 5.75 Å². The molecule has 0 amide bonds. The van der Waals surface area contributed by atoms with Crippen LogP contribution >= 0.6 is 0 Å². The Kier molecular flexibility index (Phi) is 3.31. The second-order valence-electron chi connectivity index (χ2n) is 5.47. The Balaban J connectivity index is 1.92. The molecule has 20 heavy (non-hydrogen) atoms. The van der Waals surface area contributed by atoms with Crippen molar-refractivity contribution in [3.63, 3.8) is 0 Å². The van der Waals surface area contributed by atoms with E-state index in [4.69, 9.17) is 4.74 Å². The number of carbonyl (C=O) groups excluding carboxylic acids is 1. The molecule has 0 saturated carbocycles. The van der Waals surface area contributed by atoms with Crippen LogP contribution in [0, 0.1) is 6.92 Å². The largest absolute Gasteiger partial charge is 0.493 e. The molecule has 2 aromatic rings. The number of aryl methyl sites for hydroxylation is 1. The summed E-state index contributed by atoms with van der Waals surface area (Å²) in [4.78, 5) is 11.8. The van der Waals surface area contributed by atoms with Gasteiger partial charge in [-0.2, -0.15) is 0 Å². The van der Waals surface area contributed by atoms with Crippen molar-refractivity contribution in [3.8, 4) is 5.75 Å². The van der Waals surface area contributed by atoms with Gasteiger partial charge in [-0.25, -0.2) is 0 Å². The Morgan fingerprint density at radius 1 is 1.20 bits per heavy atom. The Morgan fingerprint density at radius 2 is 1.95 bits per heavy atom. The van der Waals surface area contributed by atoms with Gasteiger partial charge in [-0.3, -0.25) is 4.79 Å². The first-order valence-electron chi connectivity index (χ1n) is 6.97. The van der Waals surface area contributed by atoms with Gasteiger partial charge in [0.2, 0.25) is 0 Å². The van der Waals surface area contributed by atoms with Gasteiger partial charge < -0.3 is 4.74 Å². The number of ketones is 1. The van der Waals surface area contributed by atoms with E-state index in [0.29, 0.717) is 6.61 Å². The summed E-state index contributed by atoms with van der Waals surface area (Å²) < 4.78 is 5.75. The summed E-state index contributed by atoms with van der Waals surface area (Å²) in [6.45, 7) is 4.37. The van der Waals surface area contributed by atoms with E-state index in [2.05, 4.69) is 31.2 Å². The van der Waals surface area contributed by atoms with Crippen LogP contribution in [0.3, 0.4) is 0 Å². The third kappa shape index (κ3) is 2.34. The molecule has 1 aliphatic heterocycles. The van der Waals surface area contributed by atoms with Crippen LogP contribution in [0.4, 0.5) is 0 Å². The van der Waals surface area contributed by atoms with Gasteiger partial charge in [0.05, 0.1) is 6.61 Å². The third-order valence-corrected chi connectivity index (χ3v) is 3.90. The molecule has 1 atom stereocenters. The van der Waals surface area contributed by atoms with Gasteiger partial charge in [-0.15, -0.1) is 0 Å². The molecule has 102 valence electrons. The number of carbonyl (C=O) groups is 1. The molecule has 0 fully saturated rings. The minimum absolute atomic E-state index is 0.112. The third-order valence-electron chi connectivity index (χ3n) is 3.90. The number of hydrogen-bond acceptors (Lipinski definition) is 2. The van der Waals surface area contributed by atoms with Gasteiger partial charge in [0.25, 0.3) is 0 Å². The van der Waals surface area contributed by atoms with Crippen molar-refractivity contribution >= 4 is 5.78 Å². The zero-order valence-corrected chi connectivity index (χ0v) is 11.8. The van der Waals surface area contributed by atoms with Crippen LogP contribution in [0.5, 0.6) is 5.75 Å². The smallest absolute Gasteiger partial charge is 0.160 e. The minimum atomic E-state index is 0.112. The van der Waals surface area contributed by atoms with Crippen LogP contribution < -0.4 is 4.74 Å². The van der Waals surface area contributed by atoms with E-state index in [1.807, 2.05) is 18.2 Å². The summed E-state index contributed by atoms with van der Waals surface area (Å²) in [6.07, 6.45) is 0.914. The van der Waals surface area contributed by atoms with Crippen molar-refractivity contribution in [2.45, 2.75) is 26.2 Å². The van der Waals surface area contributed by atoms with E-state index in [1.54, 1.807) is 6.92 Å². The SMILES string of the molecule is CC(=O)c1cccc2c1[C@H](Cc1ccc(C)cc1)CO2. The highest BCUT2D eigenvalue weighted by Gasteiger charge is 2.28. The van der Waals surface area contributed by atoms with E-state index in [-0.39, 0.29) is 11.7 Å². The predicted molar refractivity (Wildman–Crippen MR) is 79.6 cm³/mol. The fourth-order valence-electron chi connectivity index (χ4n) is 2.84. The van der Waals surface area contributed by atoms with E-state index < -0.39 is 0 Å². The molecule has 2 heteroatoms. The van der Waals surface area contributed by atoms with Crippen LogP contribution in [0.2, 0.25) is 0 Å². The second kappa shape index (κ2) is 5.12. The average molecular weight is 266 g/mol. The van der Waals surface area contributed by atoms with Gasteiger partial charge in [-0.05, 0) is 31.9 Å². The Hall–Kier alpha value is -2.09. The van der Waals surface area contributed by atoms with E-state index in [9.17, 15) is 4.79 Å². The molecule has 1 heterocycles. The van der Waals surface area contributed by atoms with Gasteiger partial charge in [0.15, 0.2) is 5.78 Å². The van der Waals surface area contributed by atoms with Gasteiger partial charge >= 0.3 is 0 Å². The number of ether oxygens (including phenoxy) is 1. The molecule has 0 spiro atoms. The topological polar surface area (TPSA) is 26.3 Å². The Bertz CT molecular complexity index is 641. The predicted octanol–water partition coefficient (Wildman–Crippen LogP) is 3.92. The summed E-state index contributed by atoms with van der Waals surface area (Å²) in [5.41, 5.74) is 4.44. The molecule has 2 nitrogen and oxygen atoms in total. The van der Waals surface area contributed by atoms with Crippen LogP contribution in [-0.4, -0.2) is 12.4 Å². The standard InChI is InChI=1S/C18H18O2/c1-12-6-8-14(9-7-12)10-15-11-20-17-5-3-4-16(13(2)19)18(15)17/h3-9,15H,10-11H2,1-2H3/t15-/m1/s1. The quantitative estimate of drug-likeness (QED) is 0.787. The fraction of sp³-hybridized carbons (Fsp3) is 0.278. The highest BCUT2D eigenvalue weighted by Crippen LogP contribution is 2.38. The molecule has 0 saturated heterocycles. The van der Waals surface area contributed by atoms with Crippen molar-refractivity contribution in [2.75, 3.05) is 6.61 Å². The lowest BCUT2D eigenvalue weighted by molar-refractivity contribution is 0.101. The number of fused-ring (bicyclic) bond motifs is 1. The van der Waals surface area contributed by atoms with Crippen molar-refractivity contribution in [1.29, 1.82) is 0 Å². The lowest BCUT2D eigenvalue weighted by Crippen LogP contribution is -2.08. The monoisotopic (exact) mass is 266 g/mol. The number of Topliss-reactive ketones (excluding diaryl/α,β-unsaturated/α-hetero) is 1. The highest BCUT2D eigenvalue weighted by molar-refractivity contribution is 5.96. The molecule has 0 bridgehead atoms. The van der Waals surface area contributed by atoms with Crippen molar-refractivity contribution < 1.29 is 9.53 Å². The van der Waals surface area contributed by atoms with Gasteiger partial charge in [-0.1, -0.05) is 42.0 Å². The van der Waals surface area contributed by atoms with E-state index in [0.717, 1.165) is 23.3 Å². The number of benzene rings is 2. The summed E-state index contributed by atoms with van der Waals surface area (Å²) >= 11 is 0. The first-order valence-corrected chi connectivity index (χ1v) is 6.97. The summed E-state index contributed by atoms with van der Waals surface area (Å²) in [7, 11) is 0. The molecule has 0 aliphatic carbocycles. The summed E-state index contributed by atoms with van der Waals surface area (Å²) in [5, 5.41) is 0. The fourth-order valence-corrected chi connectivity index (χ4v) is 2.84. The van der Waals surface area contributed by atoms with E-state index >= 15 is 0 Å². The van der Waals surface area contributed by atoms with Crippen molar-refractivity contribution in [2.24, 2.45) is 0 Å². The van der Waals surface area contributed by atoms with Crippen LogP contribution in [-0.2, 0) is 6.42 Å². The Morgan fingerprint density at radius 3 is 2.65 bits per heavy atom.